The third-order valence-corrected chi connectivity index (χ3v) is 4.83. The summed E-state index contributed by atoms with van der Waals surface area (Å²) in [6, 6.07) is 4.59. The number of benzene rings is 1. The number of aromatic nitrogens is 2. The molecule has 2 aromatic rings. The lowest BCUT2D eigenvalue weighted by Gasteiger charge is -2.05. The fourth-order valence-corrected chi connectivity index (χ4v) is 3.42. The summed E-state index contributed by atoms with van der Waals surface area (Å²) < 4.78 is 34.7. The minimum Gasteiger partial charge on any atom is -0.494 e. The number of nitrogens with zero attached hydrogens (tertiary/aromatic N) is 3. The standard InChI is InChI=1S/C13H16FN3O2S2/c1-17(2)13-15-12(16-20-13)8-21(18)7-9-4-5-11(19-3)10(14)6-9/h4-6H,7-8H2,1-3H3. The number of halogens is 1. The van der Waals surface area contributed by atoms with Crippen molar-refractivity contribution in [2.45, 2.75) is 11.5 Å². The van der Waals surface area contributed by atoms with Crippen molar-refractivity contribution >= 4 is 27.5 Å². The monoisotopic (exact) mass is 329 g/mol. The summed E-state index contributed by atoms with van der Waals surface area (Å²) in [6.45, 7) is 0. The molecule has 21 heavy (non-hydrogen) atoms. The van der Waals surface area contributed by atoms with Crippen LogP contribution in [0, 0.1) is 5.82 Å². The third-order valence-electron chi connectivity index (χ3n) is 2.67. The maximum atomic E-state index is 13.6. The number of hydrogen-bond acceptors (Lipinski definition) is 6. The Morgan fingerprint density at radius 1 is 1.38 bits per heavy atom. The molecule has 0 radical (unpaired) electrons. The van der Waals surface area contributed by atoms with Gasteiger partial charge in [-0.2, -0.15) is 4.37 Å². The Balaban J connectivity index is 1.99. The predicted molar refractivity (Wildman–Crippen MR) is 82.7 cm³/mol. The minimum absolute atomic E-state index is 0.182. The Labute approximate surface area is 129 Å². The van der Waals surface area contributed by atoms with E-state index in [9.17, 15) is 8.60 Å². The van der Waals surface area contributed by atoms with Crippen molar-refractivity contribution < 1.29 is 13.3 Å². The largest absolute Gasteiger partial charge is 0.494 e. The van der Waals surface area contributed by atoms with E-state index in [-0.39, 0.29) is 17.3 Å². The second kappa shape index (κ2) is 6.95. The first-order valence-corrected chi connectivity index (χ1v) is 8.43. The van der Waals surface area contributed by atoms with Gasteiger partial charge in [-0.15, -0.1) is 0 Å². The van der Waals surface area contributed by atoms with Crippen LogP contribution in [-0.2, 0) is 22.3 Å². The number of methoxy groups -OCH3 is 1. The second-order valence-electron chi connectivity index (χ2n) is 4.59. The van der Waals surface area contributed by atoms with Crippen LogP contribution < -0.4 is 9.64 Å². The molecule has 0 fully saturated rings. The van der Waals surface area contributed by atoms with Crippen LogP contribution in [0.2, 0.25) is 0 Å². The number of ether oxygens (including phenoxy) is 1. The van der Waals surface area contributed by atoms with Gasteiger partial charge in [-0.3, -0.25) is 4.21 Å². The van der Waals surface area contributed by atoms with Gasteiger partial charge in [0.25, 0.3) is 0 Å². The lowest BCUT2D eigenvalue weighted by molar-refractivity contribution is 0.386. The van der Waals surface area contributed by atoms with Gasteiger partial charge in [-0.05, 0) is 17.7 Å². The highest BCUT2D eigenvalue weighted by molar-refractivity contribution is 7.83. The molecule has 0 saturated carbocycles. The van der Waals surface area contributed by atoms with E-state index in [0.29, 0.717) is 11.4 Å². The Morgan fingerprint density at radius 2 is 2.14 bits per heavy atom. The first kappa shape index (κ1) is 15.8. The van der Waals surface area contributed by atoms with Crippen LogP contribution in [0.4, 0.5) is 9.52 Å². The molecular formula is C13H16FN3O2S2. The van der Waals surface area contributed by atoms with Gasteiger partial charge in [-0.1, -0.05) is 6.07 Å². The maximum Gasteiger partial charge on any atom is 0.204 e. The highest BCUT2D eigenvalue weighted by atomic mass is 32.2. The zero-order chi connectivity index (χ0) is 15.4. The summed E-state index contributed by atoms with van der Waals surface area (Å²) in [5.74, 6) is 0.807. The van der Waals surface area contributed by atoms with E-state index in [0.717, 1.165) is 5.13 Å². The number of anilines is 1. The van der Waals surface area contributed by atoms with Gasteiger partial charge in [0.2, 0.25) is 5.13 Å². The van der Waals surface area contributed by atoms with Crippen LogP contribution in [0.5, 0.6) is 5.75 Å². The van der Waals surface area contributed by atoms with Crippen LogP contribution in [0.3, 0.4) is 0 Å². The molecule has 2 rings (SSSR count). The third kappa shape index (κ3) is 4.21. The highest BCUT2D eigenvalue weighted by Crippen LogP contribution is 2.20. The molecule has 0 N–H and O–H groups in total. The predicted octanol–water partition coefficient (Wildman–Crippen LogP) is 2.20. The Hall–Kier alpha value is -1.54. The van der Waals surface area contributed by atoms with Crippen molar-refractivity contribution in [3.05, 3.63) is 35.4 Å². The molecule has 0 aliphatic rings. The minimum atomic E-state index is -1.18. The molecule has 0 saturated heterocycles. The molecule has 0 spiro atoms. The van der Waals surface area contributed by atoms with E-state index in [1.54, 1.807) is 6.07 Å². The summed E-state index contributed by atoms with van der Waals surface area (Å²) >= 11 is 1.27. The van der Waals surface area contributed by atoms with Crippen LogP contribution in [-0.4, -0.2) is 34.8 Å². The highest BCUT2D eigenvalue weighted by Gasteiger charge is 2.11. The summed E-state index contributed by atoms with van der Waals surface area (Å²) in [5.41, 5.74) is 0.662. The van der Waals surface area contributed by atoms with Gasteiger partial charge in [0, 0.05) is 42.2 Å². The van der Waals surface area contributed by atoms with Crippen LogP contribution in [0.15, 0.2) is 18.2 Å². The molecule has 0 aliphatic heterocycles. The van der Waals surface area contributed by atoms with Crippen molar-refractivity contribution in [3.63, 3.8) is 0 Å². The molecule has 1 aromatic carbocycles. The molecule has 0 bridgehead atoms. The van der Waals surface area contributed by atoms with Crippen molar-refractivity contribution in [1.82, 2.24) is 9.36 Å². The Kier molecular flexibility index (Phi) is 5.24. The molecule has 0 amide bonds. The van der Waals surface area contributed by atoms with E-state index in [1.165, 1.54) is 30.8 Å². The van der Waals surface area contributed by atoms with Gasteiger partial charge >= 0.3 is 0 Å². The maximum absolute atomic E-state index is 13.6. The van der Waals surface area contributed by atoms with E-state index < -0.39 is 16.6 Å². The normalized spacial score (nSPS) is 12.2. The fraction of sp³-hybridized carbons (Fsp3) is 0.385. The van der Waals surface area contributed by atoms with E-state index in [4.69, 9.17) is 4.74 Å². The molecule has 8 heteroatoms. The molecule has 5 nitrogen and oxygen atoms in total. The van der Waals surface area contributed by atoms with Gasteiger partial charge in [0.15, 0.2) is 17.4 Å². The molecular weight excluding hydrogens is 313 g/mol. The zero-order valence-corrected chi connectivity index (χ0v) is 13.6. The van der Waals surface area contributed by atoms with Crippen molar-refractivity contribution in [2.24, 2.45) is 0 Å². The smallest absolute Gasteiger partial charge is 0.204 e. The average Bonchev–Trinajstić information content (AvgIpc) is 2.87. The first-order valence-electron chi connectivity index (χ1n) is 6.17. The number of rotatable bonds is 6. The lowest BCUT2D eigenvalue weighted by atomic mass is 10.2. The topological polar surface area (TPSA) is 55.3 Å². The zero-order valence-electron chi connectivity index (χ0n) is 12.0. The van der Waals surface area contributed by atoms with Crippen molar-refractivity contribution in [1.29, 1.82) is 0 Å². The van der Waals surface area contributed by atoms with E-state index in [1.807, 2.05) is 19.0 Å². The van der Waals surface area contributed by atoms with Gasteiger partial charge in [0.1, 0.15) is 0 Å². The van der Waals surface area contributed by atoms with Crippen LogP contribution in [0.25, 0.3) is 0 Å². The molecule has 1 heterocycles. The van der Waals surface area contributed by atoms with Gasteiger partial charge in [0.05, 0.1) is 12.9 Å². The van der Waals surface area contributed by atoms with Crippen molar-refractivity contribution in [3.8, 4) is 5.75 Å². The molecule has 1 aromatic heterocycles. The summed E-state index contributed by atoms with van der Waals surface area (Å²) in [7, 11) is 3.98. The number of hydrogen-bond donors (Lipinski definition) is 0. The Bertz CT molecular complexity index is 646. The van der Waals surface area contributed by atoms with Gasteiger partial charge in [-0.25, -0.2) is 9.37 Å². The van der Waals surface area contributed by atoms with Gasteiger partial charge < -0.3 is 9.64 Å². The van der Waals surface area contributed by atoms with Crippen LogP contribution >= 0.6 is 11.5 Å². The molecule has 0 aliphatic carbocycles. The average molecular weight is 329 g/mol. The summed E-state index contributed by atoms with van der Waals surface area (Å²) in [6.07, 6.45) is 0. The SMILES string of the molecule is COc1ccc(CS(=O)Cc2nsc(N(C)C)n2)cc1F. The summed E-state index contributed by atoms with van der Waals surface area (Å²) in [5, 5.41) is 0.775. The lowest BCUT2D eigenvalue weighted by Crippen LogP contribution is -2.08. The fourth-order valence-electron chi connectivity index (χ4n) is 1.67. The first-order chi connectivity index (χ1) is 9.99. The van der Waals surface area contributed by atoms with Crippen LogP contribution in [0.1, 0.15) is 11.4 Å². The Morgan fingerprint density at radius 3 is 2.71 bits per heavy atom. The quantitative estimate of drug-likeness (QED) is 0.813. The molecule has 1 unspecified atom stereocenters. The van der Waals surface area contributed by atoms with E-state index in [2.05, 4.69) is 9.36 Å². The second-order valence-corrected chi connectivity index (χ2v) is 6.77. The molecule has 1 atom stereocenters. The molecule has 114 valence electrons. The van der Waals surface area contributed by atoms with E-state index >= 15 is 0 Å². The summed E-state index contributed by atoms with van der Waals surface area (Å²) in [4.78, 5) is 6.13. The van der Waals surface area contributed by atoms with Crippen molar-refractivity contribution in [2.75, 3.05) is 26.1 Å².